The van der Waals surface area contributed by atoms with Crippen LogP contribution in [0.15, 0.2) is 22.7 Å². The molecule has 26 heavy (non-hydrogen) atoms. The van der Waals surface area contributed by atoms with Crippen LogP contribution in [0.25, 0.3) is 0 Å². The molecule has 8 heteroatoms. The quantitative estimate of drug-likeness (QED) is 0.800. The maximum Gasteiger partial charge on any atom is 0.410 e. The van der Waals surface area contributed by atoms with E-state index in [1.807, 2.05) is 20.8 Å². The molecular formula is C18H25BrFN3O3. The van der Waals surface area contributed by atoms with Crippen LogP contribution in [0.4, 0.5) is 14.0 Å². The van der Waals surface area contributed by atoms with E-state index in [0.29, 0.717) is 44.7 Å². The number of carbonyl (C=O) groups excluding carboxylic acids is 2. The number of urea groups is 1. The molecule has 1 aromatic carbocycles. The van der Waals surface area contributed by atoms with E-state index < -0.39 is 5.60 Å². The van der Waals surface area contributed by atoms with Gasteiger partial charge in [0.1, 0.15) is 11.4 Å². The van der Waals surface area contributed by atoms with E-state index in [-0.39, 0.29) is 17.9 Å². The first-order valence-electron chi connectivity index (χ1n) is 8.60. The highest BCUT2D eigenvalue weighted by atomic mass is 79.9. The molecule has 1 aliphatic heterocycles. The Bertz CT molecular complexity index is 656. The zero-order valence-electron chi connectivity index (χ0n) is 15.3. The van der Waals surface area contributed by atoms with Gasteiger partial charge in [-0.1, -0.05) is 15.9 Å². The van der Waals surface area contributed by atoms with Crippen LogP contribution in [0.1, 0.15) is 26.3 Å². The van der Waals surface area contributed by atoms with Gasteiger partial charge >= 0.3 is 12.1 Å². The van der Waals surface area contributed by atoms with Crippen molar-refractivity contribution < 1.29 is 18.7 Å². The van der Waals surface area contributed by atoms with E-state index in [9.17, 15) is 14.0 Å². The number of ether oxygens (including phenoxy) is 1. The SMILES string of the molecule is CC(C)(C)OC(=O)N1CCN(C(=O)NCCc2cc(Br)ccc2F)CC1. The number of nitrogens with zero attached hydrogens (tertiary/aromatic N) is 2. The summed E-state index contributed by atoms with van der Waals surface area (Å²) in [6.45, 7) is 7.56. The molecule has 0 radical (unpaired) electrons. The second-order valence-corrected chi connectivity index (χ2v) is 8.09. The monoisotopic (exact) mass is 429 g/mol. The number of halogens is 2. The molecule has 6 nitrogen and oxygen atoms in total. The van der Waals surface area contributed by atoms with Gasteiger partial charge in [-0.05, 0) is 51.0 Å². The Morgan fingerprint density at radius 3 is 2.42 bits per heavy atom. The average molecular weight is 430 g/mol. The van der Waals surface area contributed by atoms with Gasteiger partial charge in [0, 0.05) is 37.2 Å². The maximum absolute atomic E-state index is 13.7. The van der Waals surface area contributed by atoms with E-state index in [1.165, 1.54) is 6.07 Å². The first-order chi connectivity index (χ1) is 12.2. The second kappa shape index (κ2) is 8.70. The molecule has 3 amide bonds. The van der Waals surface area contributed by atoms with Crippen molar-refractivity contribution in [1.29, 1.82) is 0 Å². The third-order valence-corrected chi connectivity index (χ3v) is 4.39. The summed E-state index contributed by atoms with van der Waals surface area (Å²) in [5.74, 6) is -0.284. The molecule has 0 aromatic heterocycles. The Kier molecular flexibility index (Phi) is 6.86. The van der Waals surface area contributed by atoms with Crippen LogP contribution in [-0.4, -0.2) is 60.2 Å². The molecule has 1 heterocycles. The standard InChI is InChI=1S/C18H25BrFN3O3/c1-18(2,3)26-17(25)23-10-8-22(9-11-23)16(24)21-7-6-13-12-14(19)4-5-15(13)20/h4-5,12H,6-11H2,1-3H3,(H,21,24). The molecule has 0 unspecified atom stereocenters. The van der Waals surface area contributed by atoms with Crippen molar-refractivity contribution in [3.05, 3.63) is 34.1 Å². The minimum absolute atomic E-state index is 0.204. The summed E-state index contributed by atoms with van der Waals surface area (Å²) in [7, 11) is 0. The van der Waals surface area contributed by atoms with E-state index in [1.54, 1.807) is 21.9 Å². The normalized spacial score (nSPS) is 15.0. The number of benzene rings is 1. The largest absolute Gasteiger partial charge is 0.444 e. The van der Waals surface area contributed by atoms with Crippen molar-refractivity contribution in [2.24, 2.45) is 0 Å². The average Bonchev–Trinajstić information content (AvgIpc) is 2.56. The fraction of sp³-hybridized carbons (Fsp3) is 0.556. The molecule has 0 aliphatic carbocycles. The predicted molar refractivity (Wildman–Crippen MR) is 101 cm³/mol. The van der Waals surface area contributed by atoms with Crippen molar-refractivity contribution in [3.63, 3.8) is 0 Å². The third-order valence-electron chi connectivity index (χ3n) is 3.90. The Hall–Kier alpha value is -1.83. The molecule has 1 aromatic rings. The Morgan fingerprint density at radius 2 is 1.81 bits per heavy atom. The Balaban J connectivity index is 1.74. The van der Waals surface area contributed by atoms with E-state index in [0.717, 1.165) is 4.47 Å². The van der Waals surface area contributed by atoms with Gasteiger partial charge in [0.15, 0.2) is 0 Å². The first kappa shape index (κ1) is 20.5. The molecule has 144 valence electrons. The van der Waals surface area contributed by atoms with Gasteiger partial charge < -0.3 is 19.9 Å². The third kappa shape index (κ3) is 6.16. The van der Waals surface area contributed by atoms with Gasteiger partial charge in [-0.3, -0.25) is 0 Å². The summed E-state index contributed by atoms with van der Waals surface area (Å²) in [4.78, 5) is 27.5. The van der Waals surface area contributed by atoms with Gasteiger partial charge in [0.2, 0.25) is 0 Å². The Morgan fingerprint density at radius 1 is 1.19 bits per heavy atom. The fourth-order valence-corrected chi connectivity index (χ4v) is 2.98. The number of piperazine rings is 1. The molecule has 0 bridgehead atoms. The highest BCUT2D eigenvalue weighted by molar-refractivity contribution is 9.10. The minimum Gasteiger partial charge on any atom is -0.444 e. The van der Waals surface area contributed by atoms with Crippen LogP contribution in [0.3, 0.4) is 0 Å². The van der Waals surface area contributed by atoms with E-state index in [2.05, 4.69) is 21.2 Å². The summed E-state index contributed by atoms with van der Waals surface area (Å²) >= 11 is 3.31. The summed E-state index contributed by atoms with van der Waals surface area (Å²) in [5.41, 5.74) is 0.0160. The minimum atomic E-state index is -0.534. The van der Waals surface area contributed by atoms with Gasteiger partial charge in [0.25, 0.3) is 0 Å². The van der Waals surface area contributed by atoms with E-state index >= 15 is 0 Å². The first-order valence-corrected chi connectivity index (χ1v) is 9.39. The van der Waals surface area contributed by atoms with Crippen molar-refractivity contribution in [2.45, 2.75) is 32.8 Å². The molecule has 2 rings (SSSR count). The number of hydrogen-bond donors (Lipinski definition) is 1. The van der Waals surface area contributed by atoms with Crippen LogP contribution < -0.4 is 5.32 Å². The van der Waals surface area contributed by atoms with Crippen molar-refractivity contribution in [2.75, 3.05) is 32.7 Å². The van der Waals surface area contributed by atoms with E-state index in [4.69, 9.17) is 4.74 Å². The predicted octanol–water partition coefficient (Wildman–Crippen LogP) is 3.39. The van der Waals surface area contributed by atoms with Crippen molar-refractivity contribution >= 4 is 28.1 Å². The molecule has 1 aliphatic rings. The van der Waals surface area contributed by atoms with Crippen LogP contribution in [0.2, 0.25) is 0 Å². The second-order valence-electron chi connectivity index (χ2n) is 7.17. The topological polar surface area (TPSA) is 61.9 Å². The lowest BCUT2D eigenvalue weighted by Crippen LogP contribution is -2.54. The number of hydrogen-bond acceptors (Lipinski definition) is 3. The van der Waals surface area contributed by atoms with Crippen LogP contribution in [0.5, 0.6) is 0 Å². The van der Waals surface area contributed by atoms with Gasteiger partial charge in [-0.25, -0.2) is 14.0 Å². The smallest absolute Gasteiger partial charge is 0.410 e. The van der Waals surface area contributed by atoms with Crippen LogP contribution in [0, 0.1) is 5.82 Å². The number of amides is 3. The summed E-state index contributed by atoms with van der Waals surface area (Å²) < 4.78 is 19.8. The zero-order valence-corrected chi connectivity index (χ0v) is 16.9. The van der Waals surface area contributed by atoms with Gasteiger partial charge in [-0.15, -0.1) is 0 Å². The van der Waals surface area contributed by atoms with Gasteiger partial charge in [0.05, 0.1) is 0 Å². The van der Waals surface area contributed by atoms with Crippen LogP contribution in [-0.2, 0) is 11.2 Å². The fourth-order valence-electron chi connectivity index (χ4n) is 2.57. The molecule has 0 saturated carbocycles. The maximum atomic E-state index is 13.7. The number of nitrogens with one attached hydrogen (secondary N) is 1. The zero-order chi connectivity index (χ0) is 19.3. The molecule has 1 fully saturated rings. The molecule has 0 spiro atoms. The summed E-state index contributed by atoms with van der Waals surface area (Å²) in [6.07, 6.45) is 0.0530. The summed E-state index contributed by atoms with van der Waals surface area (Å²) in [5, 5.41) is 2.80. The lowest BCUT2D eigenvalue weighted by atomic mass is 10.1. The molecule has 0 atom stereocenters. The molecule has 1 saturated heterocycles. The highest BCUT2D eigenvalue weighted by Crippen LogP contribution is 2.16. The lowest BCUT2D eigenvalue weighted by Gasteiger charge is -2.35. The van der Waals surface area contributed by atoms with Gasteiger partial charge in [-0.2, -0.15) is 0 Å². The molecule has 1 N–H and O–H groups in total. The van der Waals surface area contributed by atoms with Crippen molar-refractivity contribution in [3.8, 4) is 0 Å². The number of carbonyl (C=O) groups is 2. The number of rotatable bonds is 3. The lowest BCUT2D eigenvalue weighted by molar-refractivity contribution is 0.0170. The molecular weight excluding hydrogens is 405 g/mol. The Labute approximate surface area is 161 Å². The van der Waals surface area contributed by atoms with Crippen LogP contribution >= 0.6 is 15.9 Å². The highest BCUT2D eigenvalue weighted by Gasteiger charge is 2.27. The summed E-state index contributed by atoms with van der Waals surface area (Å²) in [6, 6.07) is 4.55. The van der Waals surface area contributed by atoms with Crippen molar-refractivity contribution in [1.82, 2.24) is 15.1 Å².